The van der Waals surface area contributed by atoms with E-state index in [1.54, 1.807) is 0 Å². The average molecular weight is 820 g/mol. The lowest BCUT2D eigenvalue weighted by Gasteiger charge is -2.22. The van der Waals surface area contributed by atoms with Crippen LogP contribution in [0.3, 0.4) is 0 Å². The summed E-state index contributed by atoms with van der Waals surface area (Å²) in [5.41, 5.74) is 0. The highest BCUT2D eigenvalue weighted by Gasteiger charge is 2.20. The van der Waals surface area contributed by atoms with Crippen molar-refractivity contribution in [2.75, 3.05) is 6.61 Å². The van der Waals surface area contributed by atoms with Gasteiger partial charge in [0.05, 0.1) is 18.8 Å². The normalized spacial score (nSPS) is 13.6. The SMILES string of the molecule is CC/C=C\C/C=C\C/C=C\C/C=C\C/C=C\C/C=C\C/C=C\CCCCCCCC(=O)NC(CO)C(O)CCCCCCCCCCCCCCCCCCCCCC. The molecular formula is C55H97NO3. The number of amides is 1. The Labute approximate surface area is 367 Å². The molecule has 0 aromatic heterocycles. The smallest absolute Gasteiger partial charge is 0.220 e. The number of hydrogen-bond acceptors (Lipinski definition) is 3. The Morgan fingerprint density at radius 3 is 1.12 bits per heavy atom. The fourth-order valence-electron chi connectivity index (χ4n) is 7.34. The molecule has 0 aromatic rings. The van der Waals surface area contributed by atoms with Crippen LogP contribution in [-0.2, 0) is 4.79 Å². The molecule has 2 unspecified atom stereocenters. The molecule has 0 bridgehead atoms. The third-order valence-electron chi connectivity index (χ3n) is 11.2. The minimum atomic E-state index is -0.674. The summed E-state index contributed by atoms with van der Waals surface area (Å²) >= 11 is 0. The van der Waals surface area contributed by atoms with Gasteiger partial charge >= 0.3 is 0 Å². The van der Waals surface area contributed by atoms with E-state index in [-0.39, 0.29) is 12.5 Å². The molecule has 0 aromatic carbocycles. The molecule has 0 fully saturated rings. The lowest BCUT2D eigenvalue weighted by atomic mass is 10.0. The van der Waals surface area contributed by atoms with E-state index in [4.69, 9.17) is 0 Å². The van der Waals surface area contributed by atoms with Crippen molar-refractivity contribution in [3.05, 3.63) is 85.1 Å². The van der Waals surface area contributed by atoms with E-state index in [2.05, 4.69) is 104 Å². The topological polar surface area (TPSA) is 69.6 Å². The number of aliphatic hydroxyl groups excluding tert-OH is 2. The number of carbonyl (C=O) groups excluding carboxylic acids is 1. The molecule has 0 saturated carbocycles. The average Bonchev–Trinajstić information content (AvgIpc) is 3.24. The summed E-state index contributed by atoms with van der Waals surface area (Å²) in [6.45, 7) is 4.24. The van der Waals surface area contributed by atoms with E-state index >= 15 is 0 Å². The van der Waals surface area contributed by atoms with Gasteiger partial charge in [-0.15, -0.1) is 0 Å². The first-order valence-electron chi connectivity index (χ1n) is 25.3. The molecule has 0 radical (unpaired) electrons. The number of aliphatic hydroxyl groups is 2. The molecule has 59 heavy (non-hydrogen) atoms. The first-order valence-corrected chi connectivity index (χ1v) is 25.3. The molecular weight excluding hydrogens is 723 g/mol. The van der Waals surface area contributed by atoms with Crippen molar-refractivity contribution < 1.29 is 15.0 Å². The molecule has 1 amide bonds. The quantitative estimate of drug-likeness (QED) is 0.0423. The first-order chi connectivity index (χ1) is 29.2. The Morgan fingerprint density at radius 1 is 0.424 bits per heavy atom. The van der Waals surface area contributed by atoms with Crippen molar-refractivity contribution >= 4 is 5.91 Å². The van der Waals surface area contributed by atoms with Crippen molar-refractivity contribution in [3.8, 4) is 0 Å². The first kappa shape index (κ1) is 56.6. The number of unbranched alkanes of at least 4 members (excludes halogenated alkanes) is 24. The van der Waals surface area contributed by atoms with Gasteiger partial charge in [-0.25, -0.2) is 0 Å². The summed E-state index contributed by atoms with van der Waals surface area (Å²) in [6, 6.07) is -0.553. The number of rotatable bonds is 45. The summed E-state index contributed by atoms with van der Waals surface area (Å²) in [4.78, 5) is 12.5. The molecule has 340 valence electrons. The van der Waals surface area contributed by atoms with Gasteiger partial charge < -0.3 is 15.5 Å². The summed E-state index contributed by atoms with van der Waals surface area (Å²) in [5.74, 6) is -0.0519. The van der Waals surface area contributed by atoms with Gasteiger partial charge in [-0.1, -0.05) is 247 Å². The van der Waals surface area contributed by atoms with E-state index in [9.17, 15) is 15.0 Å². The minimum Gasteiger partial charge on any atom is -0.394 e. The molecule has 2 atom stereocenters. The van der Waals surface area contributed by atoms with E-state index in [0.717, 1.165) is 83.5 Å². The lowest BCUT2D eigenvalue weighted by molar-refractivity contribution is -0.123. The fourth-order valence-corrected chi connectivity index (χ4v) is 7.34. The number of allylic oxidation sites excluding steroid dienone is 14. The molecule has 0 saturated heterocycles. The lowest BCUT2D eigenvalue weighted by Crippen LogP contribution is -2.45. The number of nitrogens with one attached hydrogen (secondary N) is 1. The molecule has 0 heterocycles. The maximum atomic E-state index is 12.5. The molecule has 0 rings (SSSR count). The van der Waals surface area contributed by atoms with Gasteiger partial charge in [-0.05, 0) is 70.6 Å². The van der Waals surface area contributed by atoms with Crippen molar-refractivity contribution in [1.82, 2.24) is 5.32 Å². The van der Waals surface area contributed by atoms with Gasteiger partial charge in [0.25, 0.3) is 0 Å². The molecule has 0 spiro atoms. The van der Waals surface area contributed by atoms with E-state index in [0.29, 0.717) is 12.8 Å². The van der Waals surface area contributed by atoms with E-state index in [1.807, 2.05) is 0 Å². The van der Waals surface area contributed by atoms with Gasteiger partial charge in [-0.3, -0.25) is 4.79 Å². The highest BCUT2D eigenvalue weighted by Crippen LogP contribution is 2.16. The summed E-state index contributed by atoms with van der Waals surface area (Å²) in [5, 5.41) is 23.3. The second-order valence-electron chi connectivity index (χ2n) is 16.9. The highest BCUT2D eigenvalue weighted by molar-refractivity contribution is 5.76. The van der Waals surface area contributed by atoms with Crippen LogP contribution in [0, 0.1) is 0 Å². The van der Waals surface area contributed by atoms with Crippen LogP contribution in [0.4, 0.5) is 0 Å². The third-order valence-corrected chi connectivity index (χ3v) is 11.2. The van der Waals surface area contributed by atoms with Crippen LogP contribution in [0.25, 0.3) is 0 Å². The largest absolute Gasteiger partial charge is 0.394 e. The Morgan fingerprint density at radius 2 is 0.746 bits per heavy atom. The maximum Gasteiger partial charge on any atom is 0.220 e. The van der Waals surface area contributed by atoms with Crippen LogP contribution >= 0.6 is 0 Å². The van der Waals surface area contributed by atoms with Gasteiger partial charge in [0.1, 0.15) is 0 Å². The van der Waals surface area contributed by atoms with Crippen LogP contribution in [0.2, 0.25) is 0 Å². The Kier molecular flexibility index (Phi) is 47.9. The van der Waals surface area contributed by atoms with Crippen molar-refractivity contribution in [1.29, 1.82) is 0 Å². The van der Waals surface area contributed by atoms with E-state index in [1.165, 1.54) is 128 Å². The Bertz CT molecular complexity index is 1070. The van der Waals surface area contributed by atoms with Crippen LogP contribution in [0.5, 0.6) is 0 Å². The minimum absolute atomic E-state index is 0.0519. The molecule has 4 heteroatoms. The molecule has 4 nitrogen and oxygen atoms in total. The Hall–Kier alpha value is -2.43. The van der Waals surface area contributed by atoms with Crippen molar-refractivity contribution in [3.63, 3.8) is 0 Å². The van der Waals surface area contributed by atoms with E-state index < -0.39 is 12.1 Å². The summed E-state index contributed by atoms with van der Waals surface area (Å²) in [6.07, 6.45) is 72.5. The zero-order valence-corrected chi connectivity index (χ0v) is 39.0. The predicted molar refractivity (Wildman–Crippen MR) is 262 cm³/mol. The molecule has 0 aliphatic carbocycles. The van der Waals surface area contributed by atoms with Crippen LogP contribution in [-0.4, -0.2) is 34.9 Å². The zero-order valence-electron chi connectivity index (χ0n) is 39.0. The monoisotopic (exact) mass is 820 g/mol. The summed E-state index contributed by atoms with van der Waals surface area (Å²) < 4.78 is 0. The number of carbonyl (C=O) groups is 1. The van der Waals surface area contributed by atoms with Crippen molar-refractivity contribution in [2.45, 2.75) is 251 Å². The van der Waals surface area contributed by atoms with Crippen LogP contribution in [0.1, 0.15) is 239 Å². The van der Waals surface area contributed by atoms with Gasteiger partial charge in [0.2, 0.25) is 5.91 Å². The molecule has 0 aliphatic heterocycles. The van der Waals surface area contributed by atoms with Crippen molar-refractivity contribution in [2.24, 2.45) is 0 Å². The zero-order chi connectivity index (χ0) is 42.8. The highest BCUT2D eigenvalue weighted by atomic mass is 16.3. The Balaban J connectivity index is 3.60. The molecule has 3 N–H and O–H groups in total. The van der Waals surface area contributed by atoms with Gasteiger partial charge in [0, 0.05) is 6.42 Å². The fraction of sp³-hybridized carbons (Fsp3) is 0.727. The standard InChI is InChI=1S/C55H97NO3/c1-3-5-7-9-11-13-15-17-19-21-23-25-26-27-28-29-30-31-33-35-37-39-41-43-45-47-49-51-55(59)56-53(52-57)54(58)50-48-46-44-42-40-38-36-34-32-24-22-20-18-16-14-12-10-8-6-4-2/h5,7,11,13,17,19,23,25,27-28,30-31,35,37,53-54,57-58H,3-4,6,8-10,12,14-16,18,20-22,24,26,29,32-34,36,38-52H2,1-2H3,(H,56,59)/b7-5-,13-11-,19-17-,25-23-,28-27-,31-30-,37-35-. The van der Waals surface area contributed by atoms with Gasteiger partial charge in [0.15, 0.2) is 0 Å². The number of hydrogen-bond donors (Lipinski definition) is 3. The molecule has 0 aliphatic rings. The van der Waals surface area contributed by atoms with Crippen LogP contribution in [0.15, 0.2) is 85.1 Å². The second kappa shape index (κ2) is 49.9. The van der Waals surface area contributed by atoms with Crippen LogP contribution < -0.4 is 5.32 Å². The second-order valence-corrected chi connectivity index (χ2v) is 16.9. The summed E-state index contributed by atoms with van der Waals surface area (Å²) in [7, 11) is 0. The predicted octanol–water partition coefficient (Wildman–Crippen LogP) is 16.4. The maximum absolute atomic E-state index is 12.5. The third kappa shape index (κ3) is 46.5. The van der Waals surface area contributed by atoms with Gasteiger partial charge in [-0.2, -0.15) is 0 Å².